The predicted octanol–water partition coefficient (Wildman–Crippen LogP) is 0.872. The first-order chi connectivity index (χ1) is 16.4. The summed E-state index contributed by atoms with van der Waals surface area (Å²) in [7, 11) is 1.48. The van der Waals surface area contributed by atoms with Gasteiger partial charge in [-0.25, -0.2) is 0 Å². The van der Waals surface area contributed by atoms with Crippen molar-refractivity contribution in [3.63, 3.8) is 0 Å². The molecule has 3 aliphatic rings. The highest BCUT2D eigenvalue weighted by atomic mass is 16.8. The van der Waals surface area contributed by atoms with Crippen LogP contribution in [-0.4, -0.2) is 86.3 Å². The second-order valence-corrected chi connectivity index (χ2v) is 9.24. The van der Waals surface area contributed by atoms with Crippen molar-refractivity contribution in [2.24, 2.45) is 11.8 Å². The minimum atomic E-state index is -1.31. The molecule has 12 nitrogen and oxygen atoms in total. The van der Waals surface area contributed by atoms with Gasteiger partial charge in [0.05, 0.1) is 12.7 Å². The van der Waals surface area contributed by atoms with Gasteiger partial charge in [0.1, 0.15) is 24.2 Å². The molecule has 0 aromatic rings. The van der Waals surface area contributed by atoms with E-state index in [0.29, 0.717) is 0 Å². The van der Waals surface area contributed by atoms with Gasteiger partial charge >= 0.3 is 23.9 Å². The Labute approximate surface area is 203 Å². The lowest BCUT2D eigenvalue weighted by Crippen LogP contribution is -2.60. The average Bonchev–Trinajstić information content (AvgIpc) is 3.20. The van der Waals surface area contributed by atoms with Gasteiger partial charge < -0.3 is 37.9 Å². The Morgan fingerprint density at radius 1 is 0.857 bits per heavy atom. The van der Waals surface area contributed by atoms with Crippen LogP contribution >= 0.6 is 0 Å². The van der Waals surface area contributed by atoms with Gasteiger partial charge in [0.2, 0.25) is 0 Å². The molecule has 2 aliphatic heterocycles. The summed E-state index contributed by atoms with van der Waals surface area (Å²) < 4.78 is 45.4. The first-order valence-electron chi connectivity index (χ1n) is 11.6. The number of hydrogen-bond acceptors (Lipinski definition) is 12. The monoisotopic (exact) mass is 502 g/mol. The minimum absolute atomic E-state index is 0.0339. The van der Waals surface area contributed by atoms with Crippen LogP contribution in [0.25, 0.3) is 0 Å². The lowest BCUT2D eigenvalue weighted by atomic mass is 9.70. The number of ether oxygens (including phenoxy) is 8. The summed E-state index contributed by atoms with van der Waals surface area (Å²) in [6.45, 7) is 8.72. The lowest BCUT2D eigenvalue weighted by molar-refractivity contribution is -0.242. The van der Waals surface area contributed by atoms with Crippen molar-refractivity contribution in [3.8, 4) is 0 Å². The highest BCUT2D eigenvalue weighted by Gasteiger charge is 2.63. The van der Waals surface area contributed by atoms with E-state index in [0.717, 1.165) is 6.92 Å². The Morgan fingerprint density at radius 3 is 2.00 bits per heavy atom. The molecule has 198 valence electrons. The molecular weight excluding hydrogens is 468 g/mol. The molecule has 1 saturated carbocycles. The van der Waals surface area contributed by atoms with Crippen molar-refractivity contribution in [2.75, 3.05) is 13.7 Å². The third kappa shape index (κ3) is 5.93. The van der Waals surface area contributed by atoms with Crippen LogP contribution in [0.5, 0.6) is 0 Å². The van der Waals surface area contributed by atoms with Crippen molar-refractivity contribution in [2.45, 2.75) is 96.7 Å². The fraction of sp³-hybridized carbons (Fsp3) is 0.826. The molecule has 0 N–H and O–H groups in total. The molecule has 0 radical (unpaired) electrons. The summed E-state index contributed by atoms with van der Waals surface area (Å²) in [5.41, 5.74) is 0. The second-order valence-electron chi connectivity index (χ2n) is 9.24. The standard InChI is InChI=1S/C23H34O12/c1-8-29-21(27)15-13(16-19(28-7)20-22(33-16)35-23(5,6)34-20)9-14(30-10(2)24)17(31-11(3)25)18(15)32-12(4)26/h13-20,22H,8-9H2,1-7H3/t13-,14+,15+,16-,17+,18+,19+,20-,22-/m1/s1. The van der Waals surface area contributed by atoms with Crippen molar-refractivity contribution in [3.05, 3.63) is 0 Å². The maximum absolute atomic E-state index is 13.2. The van der Waals surface area contributed by atoms with E-state index in [2.05, 4.69) is 0 Å². The fourth-order valence-electron chi connectivity index (χ4n) is 5.21. The maximum Gasteiger partial charge on any atom is 0.313 e. The van der Waals surface area contributed by atoms with Crippen molar-refractivity contribution < 1.29 is 57.1 Å². The summed E-state index contributed by atoms with van der Waals surface area (Å²) in [6.07, 6.45) is -6.35. The van der Waals surface area contributed by atoms with Crippen LogP contribution in [0.3, 0.4) is 0 Å². The van der Waals surface area contributed by atoms with Crippen molar-refractivity contribution in [1.29, 1.82) is 0 Å². The van der Waals surface area contributed by atoms with Gasteiger partial charge in [-0.3, -0.25) is 19.2 Å². The molecule has 9 atom stereocenters. The quantitative estimate of drug-likeness (QED) is 0.360. The predicted molar refractivity (Wildman–Crippen MR) is 114 cm³/mol. The number of hydrogen-bond donors (Lipinski definition) is 0. The number of carbonyl (C=O) groups is 4. The molecule has 1 aliphatic carbocycles. The first-order valence-corrected chi connectivity index (χ1v) is 11.6. The van der Waals surface area contributed by atoms with Crippen LogP contribution in [0.4, 0.5) is 0 Å². The number of methoxy groups -OCH3 is 1. The number of fused-ring (bicyclic) bond motifs is 1. The smallest absolute Gasteiger partial charge is 0.313 e. The lowest BCUT2D eigenvalue weighted by Gasteiger charge is -2.46. The molecule has 35 heavy (non-hydrogen) atoms. The zero-order valence-corrected chi connectivity index (χ0v) is 21.0. The number of esters is 4. The van der Waals surface area contributed by atoms with E-state index in [9.17, 15) is 19.2 Å². The zero-order valence-electron chi connectivity index (χ0n) is 21.0. The molecule has 0 aromatic heterocycles. The van der Waals surface area contributed by atoms with E-state index >= 15 is 0 Å². The number of rotatable bonds is 7. The summed E-state index contributed by atoms with van der Waals surface area (Å²) in [5, 5.41) is 0. The van der Waals surface area contributed by atoms with Crippen LogP contribution in [0.1, 0.15) is 48.0 Å². The largest absolute Gasteiger partial charge is 0.466 e. The second kappa shape index (κ2) is 10.8. The summed E-state index contributed by atoms with van der Waals surface area (Å²) in [6, 6.07) is 0. The van der Waals surface area contributed by atoms with E-state index in [1.807, 2.05) is 0 Å². The molecule has 0 unspecified atom stereocenters. The van der Waals surface area contributed by atoms with Crippen LogP contribution in [-0.2, 0) is 57.1 Å². The summed E-state index contributed by atoms with van der Waals surface area (Å²) in [4.78, 5) is 49.1. The van der Waals surface area contributed by atoms with E-state index in [1.54, 1.807) is 20.8 Å². The fourth-order valence-corrected chi connectivity index (χ4v) is 5.21. The molecular formula is C23H34O12. The Kier molecular flexibility index (Phi) is 8.40. The number of carbonyl (C=O) groups excluding carboxylic acids is 4. The Morgan fingerprint density at radius 2 is 1.46 bits per heavy atom. The third-order valence-corrected chi connectivity index (χ3v) is 6.21. The molecule has 3 rings (SSSR count). The Balaban J connectivity index is 2.04. The molecule has 0 aromatic carbocycles. The molecule has 0 spiro atoms. The SMILES string of the molecule is CCOC(=O)[C@H]1[C@H]([C@H]2O[C@@H]3OC(C)(C)O[C@@H]3[C@H]2OC)C[C@H](OC(C)=O)[C@H](OC(C)=O)[C@H]1OC(C)=O. The van der Waals surface area contributed by atoms with E-state index in [-0.39, 0.29) is 13.0 Å². The maximum atomic E-state index is 13.2. The van der Waals surface area contributed by atoms with Crippen LogP contribution in [0.2, 0.25) is 0 Å². The van der Waals surface area contributed by atoms with Gasteiger partial charge in [-0.1, -0.05) is 0 Å². The van der Waals surface area contributed by atoms with Crippen LogP contribution in [0, 0.1) is 11.8 Å². The molecule has 0 amide bonds. The molecule has 12 heteroatoms. The van der Waals surface area contributed by atoms with Crippen molar-refractivity contribution in [1.82, 2.24) is 0 Å². The highest BCUT2D eigenvalue weighted by Crippen LogP contribution is 2.47. The highest BCUT2D eigenvalue weighted by molar-refractivity contribution is 5.76. The third-order valence-electron chi connectivity index (χ3n) is 6.21. The van der Waals surface area contributed by atoms with Gasteiger partial charge in [0, 0.05) is 33.8 Å². The normalized spacial score (nSPS) is 37.7. The minimum Gasteiger partial charge on any atom is -0.466 e. The van der Waals surface area contributed by atoms with Gasteiger partial charge in [-0.05, 0) is 27.2 Å². The van der Waals surface area contributed by atoms with Crippen molar-refractivity contribution >= 4 is 23.9 Å². The summed E-state index contributed by atoms with van der Waals surface area (Å²) >= 11 is 0. The van der Waals surface area contributed by atoms with Gasteiger partial charge in [-0.15, -0.1) is 0 Å². The molecule has 0 bridgehead atoms. The topological polar surface area (TPSA) is 142 Å². The average molecular weight is 503 g/mol. The van der Waals surface area contributed by atoms with E-state index < -0.39 is 84.4 Å². The first kappa shape index (κ1) is 27.3. The van der Waals surface area contributed by atoms with Gasteiger partial charge in [0.15, 0.2) is 24.3 Å². The van der Waals surface area contributed by atoms with E-state index in [1.165, 1.54) is 21.0 Å². The molecule has 2 saturated heterocycles. The van der Waals surface area contributed by atoms with Crippen LogP contribution < -0.4 is 0 Å². The molecule has 3 fully saturated rings. The molecule has 2 heterocycles. The van der Waals surface area contributed by atoms with Crippen LogP contribution in [0.15, 0.2) is 0 Å². The van der Waals surface area contributed by atoms with Gasteiger partial charge in [-0.2, -0.15) is 0 Å². The Bertz CT molecular complexity index is 825. The summed E-state index contributed by atoms with van der Waals surface area (Å²) in [5.74, 6) is -5.49. The van der Waals surface area contributed by atoms with E-state index in [4.69, 9.17) is 37.9 Å². The zero-order chi connectivity index (χ0) is 26.1. The van der Waals surface area contributed by atoms with Gasteiger partial charge in [0.25, 0.3) is 0 Å². The Hall–Kier alpha value is -2.28.